The van der Waals surface area contributed by atoms with Gasteiger partial charge in [0.05, 0.1) is 6.61 Å². The number of methoxy groups -OCH3 is 1. The van der Waals surface area contributed by atoms with Gasteiger partial charge in [-0.05, 0) is 38.1 Å². The van der Waals surface area contributed by atoms with Gasteiger partial charge in [0.15, 0.2) is 0 Å². The van der Waals surface area contributed by atoms with Crippen molar-refractivity contribution in [3.63, 3.8) is 0 Å². The predicted molar refractivity (Wildman–Crippen MR) is 83.7 cm³/mol. The van der Waals surface area contributed by atoms with Crippen molar-refractivity contribution in [1.82, 2.24) is 10.6 Å². The second-order valence-corrected chi connectivity index (χ2v) is 5.69. The van der Waals surface area contributed by atoms with Crippen LogP contribution in [0.4, 0.5) is 0 Å². The van der Waals surface area contributed by atoms with Gasteiger partial charge in [-0.25, -0.2) is 0 Å². The molecule has 0 aliphatic carbocycles. The number of rotatable bonds is 11. The number of ether oxygens (including phenoxy) is 1. The summed E-state index contributed by atoms with van der Waals surface area (Å²) >= 11 is 0. The van der Waals surface area contributed by atoms with Gasteiger partial charge >= 0.3 is 0 Å². The molecule has 21 heavy (non-hydrogen) atoms. The molecule has 0 radical (unpaired) electrons. The van der Waals surface area contributed by atoms with Crippen LogP contribution in [0.1, 0.15) is 40.0 Å². The topological polar surface area (TPSA) is 93.5 Å². The molecular weight excluding hydrogens is 270 g/mol. The lowest BCUT2D eigenvalue weighted by Crippen LogP contribution is -2.45. The van der Waals surface area contributed by atoms with Crippen molar-refractivity contribution in [3.05, 3.63) is 0 Å². The van der Waals surface area contributed by atoms with E-state index in [1.807, 2.05) is 0 Å². The van der Waals surface area contributed by atoms with E-state index in [0.717, 1.165) is 12.8 Å². The van der Waals surface area contributed by atoms with Crippen molar-refractivity contribution < 1.29 is 14.3 Å². The number of carbonyl (C=O) groups excluding carboxylic acids is 2. The van der Waals surface area contributed by atoms with E-state index >= 15 is 0 Å². The zero-order valence-electron chi connectivity index (χ0n) is 13.8. The van der Waals surface area contributed by atoms with Crippen molar-refractivity contribution in [3.8, 4) is 0 Å². The molecule has 4 N–H and O–H groups in total. The molecule has 0 bridgehead atoms. The number of nitrogens with one attached hydrogen (secondary N) is 2. The smallest absolute Gasteiger partial charge is 0.242 e. The zero-order valence-corrected chi connectivity index (χ0v) is 13.8. The summed E-state index contributed by atoms with van der Waals surface area (Å²) in [7, 11) is 1.57. The van der Waals surface area contributed by atoms with Crippen LogP contribution >= 0.6 is 0 Å². The highest BCUT2D eigenvalue weighted by molar-refractivity contribution is 5.87. The van der Waals surface area contributed by atoms with Crippen molar-refractivity contribution in [2.24, 2.45) is 17.6 Å². The third-order valence-corrected chi connectivity index (χ3v) is 3.60. The van der Waals surface area contributed by atoms with Crippen LogP contribution in [-0.2, 0) is 14.3 Å². The van der Waals surface area contributed by atoms with E-state index in [2.05, 4.69) is 24.5 Å². The molecule has 0 aromatic carbocycles. The van der Waals surface area contributed by atoms with Crippen LogP contribution in [-0.4, -0.2) is 44.7 Å². The predicted octanol–water partition coefficient (Wildman–Crippen LogP) is 0.655. The molecule has 2 unspecified atom stereocenters. The molecule has 6 nitrogen and oxygen atoms in total. The Kier molecular flexibility index (Phi) is 10.9. The zero-order chi connectivity index (χ0) is 16.3. The molecule has 0 aliphatic rings. The molecule has 0 fully saturated rings. The average Bonchev–Trinajstić information content (AvgIpc) is 2.43. The molecule has 0 aliphatic heterocycles. The van der Waals surface area contributed by atoms with Crippen LogP contribution in [0.15, 0.2) is 0 Å². The molecule has 124 valence electrons. The third kappa shape index (κ3) is 9.42. The minimum Gasteiger partial charge on any atom is -0.383 e. The van der Waals surface area contributed by atoms with Crippen LogP contribution in [0.25, 0.3) is 0 Å². The van der Waals surface area contributed by atoms with E-state index in [0.29, 0.717) is 38.0 Å². The van der Waals surface area contributed by atoms with Crippen molar-refractivity contribution in [1.29, 1.82) is 0 Å². The van der Waals surface area contributed by atoms with Gasteiger partial charge in [0.2, 0.25) is 11.8 Å². The Hall–Kier alpha value is -1.14. The molecule has 0 saturated carbocycles. The third-order valence-electron chi connectivity index (χ3n) is 3.60. The highest BCUT2D eigenvalue weighted by Crippen LogP contribution is 2.20. The van der Waals surface area contributed by atoms with Gasteiger partial charge in [-0.1, -0.05) is 13.8 Å². The Balaban J connectivity index is 4.03. The molecule has 0 aromatic rings. The maximum absolute atomic E-state index is 11.9. The minimum absolute atomic E-state index is 0.0907. The molecule has 0 spiro atoms. The molecular formula is C15H31N3O3. The van der Waals surface area contributed by atoms with Crippen LogP contribution in [0, 0.1) is 11.8 Å². The highest BCUT2D eigenvalue weighted by atomic mass is 16.5. The summed E-state index contributed by atoms with van der Waals surface area (Å²) in [5.41, 5.74) is 5.59. The second-order valence-electron chi connectivity index (χ2n) is 5.69. The minimum atomic E-state index is -0.527. The highest BCUT2D eigenvalue weighted by Gasteiger charge is 2.18. The Labute approximate surface area is 128 Å². The fraction of sp³-hybridized carbons (Fsp3) is 0.867. The number of nitrogens with two attached hydrogens (primary N) is 1. The number of hydrogen-bond acceptors (Lipinski definition) is 4. The van der Waals surface area contributed by atoms with Gasteiger partial charge < -0.3 is 21.1 Å². The molecule has 0 heterocycles. The first-order chi connectivity index (χ1) is 9.92. The largest absolute Gasteiger partial charge is 0.383 e. The van der Waals surface area contributed by atoms with E-state index in [-0.39, 0.29) is 11.8 Å². The summed E-state index contributed by atoms with van der Waals surface area (Å²) in [5.74, 6) is 0.678. The van der Waals surface area contributed by atoms with E-state index in [1.54, 1.807) is 14.0 Å². The maximum atomic E-state index is 11.9. The van der Waals surface area contributed by atoms with Crippen molar-refractivity contribution >= 4 is 11.8 Å². The lowest BCUT2D eigenvalue weighted by molar-refractivity contribution is -0.128. The Morgan fingerprint density at radius 2 is 1.86 bits per heavy atom. The fourth-order valence-electron chi connectivity index (χ4n) is 2.15. The summed E-state index contributed by atoms with van der Waals surface area (Å²) in [5, 5.41) is 5.42. The van der Waals surface area contributed by atoms with Gasteiger partial charge in [0, 0.05) is 20.1 Å². The summed E-state index contributed by atoms with van der Waals surface area (Å²) < 4.78 is 4.85. The quantitative estimate of drug-likeness (QED) is 0.489. The Bertz CT molecular complexity index is 309. The maximum Gasteiger partial charge on any atom is 0.242 e. The molecule has 0 aromatic heterocycles. The molecule has 0 rings (SSSR count). The first kappa shape index (κ1) is 19.9. The molecule has 6 heteroatoms. The second kappa shape index (κ2) is 11.5. The van der Waals surface area contributed by atoms with Crippen LogP contribution in [0.3, 0.4) is 0 Å². The number of amides is 2. The van der Waals surface area contributed by atoms with Crippen LogP contribution in [0.2, 0.25) is 0 Å². The van der Waals surface area contributed by atoms with Gasteiger partial charge in [-0.15, -0.1) is 0 Å². The number of carbonyl (C=O) groups is 2. The molecule has 0 saturated heterocycles. The van der Waals surface area contributed by atoms with Gasteiger partial charge in [0.25, 0.3) is 0 Å². The molecule has 2 atom stereocenters. The first-order valence-corrected chi connectivity index (χ1v) is 7.68. The Morgan fingerprint density at radius 3 is 2.38 bits per heavy atom. The summed E-state index contributed by atoms with van der Waals surface area (Å²) in [6.45, 7) is 7.51. The monoisotopic (exact) mass is 301 g/mol. The van der Waals surface area contributed by atoms with Crippen molar-refractivity contribution in [2.45, 2.75) is 46.1 Å². The van der Waals surface area contributed by atoms with Crippen LogP contribution < -0.4 is 16.4 Å². The van der Waals surface area contributed by atoms with E-state index in [4.69, 9.17) is 10.5 Å². The normalized spacial score (nSPS) is 13.8. The fourth-order valence-corrected chi connectivity index (χ4v) is 2.15. The SMILES string of the molecule is COCCNC(=O)C(C)NC(=O)CCC(CCN)C(C)C. The van der Waals surface area contributed by atoms with Gasteiger partial charge in [0.1, 0.15) is 6.04 Å². The van der Waals surface area contributed by atoms with E-state index in [9.17, 15) is 9.59 Å². The summed E-state index contributed by atoms with van der Waals surface area (Å²) in [6, 6.07) is -0.527. The van der Waals surface area contributed by atoms with Gasteiger partial charge in [-0.2, -0.15) is 0 Å². The summed E-state index contributed by atoms with van der Waals surface area (Å²) in [4.78, 5) is 23.6. The first-order valence-electron chi connectivity index (χ1n) is 7.68. The van der Waals surface area contributed by atoms with E-state index < -0.39 is 6.04 Å². The average molecular weight is 301 g/mol. The van der Waals surface area contributed by atoms with Crippen molar-refractivity contribution in [2.75, 3.05) is 26.8 Å². The number of hydrogen-bond donors (Lipinski definition) is 3. The Morgan fingerprint density at radius 1 is 1.19 bits per heavy atom. The summed E-state index contributed by atoms with van der Waals surface area (Å²) in [6.07, 6.45) is 2.16. The van der Waals surface area contributed by atoms with Gasteiger partial charge in [-0.3, -0.25) is 9.59 Å². The standard InChI is InChI=1S/C15H31N3O3/c1-11(2)13(7-8-16)5-6-14(19)18-12(3)15(20)17-9-10-21-4/h11-13H,5-10,16H2,1-4H3,(H,17,20)(H,18,19). The van der Waals surface area contributed by atoms with E-state index in [1.165, 1.54) is 0 Å². The lowest BCUT2D eigenvalue weighted by Gasteiger charge is -2.20. The van der Waals surface area contributed by atoms with Crippen LogP contribution in [0.5, 0.6) is 0 Å². The molecule has 2 amide bonds. The lowest BCUT2D eigenvalue weighted by atomic mass is 9.88.